The number of halogens is 1. The Hall–Kier alpha value is -2.63. The van der Waals surface area contributed by atoms with Crippen molar-refractivity contribution in [1.29, 1.82) is 0 Å². The highest BCUT2D eigenvalue weighted by molar-refractivity contribution is 6.32. The van der Waals surface area contributed by atoms with E-state index in [0.29, 0.717) is 29.2 Å². The van der Waals surface area contributed by atoms with Gasteiger partial charge >= 0.3 is 0 Å². The summed E-state index contributed by atoms with van der Waals surface area (Å²) in [4.78, 5) is 21.9. The predicted octanol–water partition coefficient (Wildman–Crippen LogP) is 4.42. The minimum Gasteiger partial charge on any atom is -0.497 e. The lowest BCUT2D eigenvalue weighted by atomic mass is 10.0. The maximum Gasteiger partial charge on any atom is 0.256 e. The van der Waals surface area contributed by atoms with Crippen molar-refractivity contribution in [2.24, 2.45) is 0 Å². The van der Waals surface area contributed by atoms with E-state index in [0.717, 1.165) is 24.2 Å². The second-order valence-electron chi connectivity index (χ2n) is 7.31. The van der Waals surface area contributed by atoms with E-state index in [1.54, 1.807) is 19.4 Å². The molecule has 150 valence electrons. The van der Waals surface area contributed by atoms with Crippen molar-refractivity contribution in [2.45, 2.75) is 13.0 Å². The first-order valence-corrected chi connectivity index (χ1v) is 10.2. The Labute approximate surface area is 175 Å². The van der Waals surface area contributed by atoms with E-state index in [-0.39, 0.29) is 11.9 Å². The maximum absolute atomic E-state index is 13.2. The van der Waals surface area contributed by atoms with Gasteiger partial charge in [0, 0.05) is 48.8 Å². The van der Waals surface area contributed by atoms with Crippen molar-refractivity contribution in [3.05, 3.63) is 70.9 Å². The van der Waals surface area contributed by atoms with Crippen LogP contribution in [-0.2, 0) is 0 Å². The average Bonchev–Trinajstić information content (AvgIpc) is 2.77. The van der Waals surface area contributed by atoms with E-state index in [4.69, 9.17) is 16.3 Å². The summed E-state index contributed by atoms with van der Waals surface area (Å²) in [6, 6.07) is 15.8. The number of rotatable bonds is 4. The van der Waals surface area contributed by atoms with Crippen molar-refractivity contribution >= 4 is 28.4 Å². The minimum atomic E-state index is -0.00937. The van der Waals surface area contributed by atoms with Crippen LogP contribution in [0.1, 0.15) is 28.9 Å². The number of ether oxygens (including phenoxy) is 1. The fourth-order valence-electron chi connectivity index (χ4n) is 3.91. The number of carbonyl (C=O) groups is 1. The van der Waals surface area contributed by atoms with Crippen molar-refractivity contribution in [2.75, 3.05) is 33.3 Å². The van der Waals surface area contributed by atoms with E-state index in [2.05, 4.69) is 28.9 Å². The van der Waals surface area contributed by atoms with E-state index in [1.807, 2.05) is 35.2 Å². The van der Waals surface area contributed by atoms with E-state index in [1.165, 1.54) is 5.56 Å². The van der Waals surface area contributed by atoms with Gasteiger partial charge < -0.3 is 9.64 Å². The minimum absolute atomic E-state index is 0.00937. The van der Waals surface area contributed by atoms with Gasteiger partial charge in [-0.1, -0.05) is 29.8 Å². The first-order chi connectivity index (χ1) is 14.1. The van der Waals surface area contributed by atoms with Gasteiger partial charge in [-0.05, 0) is 42.8 Å². The van der Waals surface area contributed by atoms with Crippen LogP contribution in [0.4, 0.5) is 0 Å². The molecular weight excluding hydrogens is 386 g/mol. The molecule has 0 N–H and O–H groups in total. The molecule has 5 nitrogen and oxygen atoms in total. The lowest BCUT2D eigenvalue weighted by molar-refractivity contribution is 0.0583. The zero-order valence-electron chi connectivity index (χ0n) is 16.6. The van der Waals surface area contributed by atoms with Crippen LogP contribution in [0.5, 0.6) is 5.75 Å². The molecule has 1 aliphatic heterocycles. The third-order valence-corrected chi connectivity index (χ3v) is 5.84. The average molecular weight is 410 g/mol. The number of hydrogen-bond acceptors (Lipinski definition) is 4. The second-order valence-corrected chi connectivity index (χ2v) is 7.75. The summed E-state index contributed by atoms with van der Waals surface area (Å²) in [6.45, 7) is 5.18. The highest BCUT2D eigenvalue weighted by atomic mass is 35.5. The maximum atomic E-state index is 13.2. The van der Waals surface area contributed by atoms with Crippen molar-refractivity contribution in [3.63, 3.8) is 0 Å². The monoisotopic (exact) mass is 409 g/mol. The van der Waals surface area contributed by atoms with Crippen LogP contribution >= 0.6 is 11.6 Å². The summed E-state index contributed by atoms with van der Waals surface area (Å²) in [5.41, 5.74) is 2.49. The zero-order chi connectivity index (χ0) is 20.4. The van der Waals surface area contributed by atoms with Gasteiger partial charge in [-0.2, -0.15) is 0 Å². The molecule has 0 bridgehead atoms. The molecule has 6 heteroatoms. The number of amides is 1. The van der Waals surface area contributed by atoms with Gasteiger partial charge in [0.05, 0.1) is 18.2 Å². The standard InChI is InChI=1S/C23H24ClN3O2/c1-16(17-5-3-7-20(14-17)29-2)26-9-11-27(12-10-26)23(28)21-15-19(24)13-18-6-4-8-25-22(18)21/h3-8,13-16H,9-12H2,1-2H3. The molecule has 1 amide bonds. The van der Waals surface area contributed by atoms with E-state index in [9.17, 15) is 4.79 Å². The molecular formula is C23H24ClN3O2. The number of hydrogen-bond donors (Lipinski definition) is 0. The predicted molar refractivity (Wildman–Crippen MR) is 116 cm³/mol. The zero-order valence-corrected chi connectivity index (χ0v) is 17.4. The quantitative estimate of drug-likeness (QED) is 0.640. The SMILES string of the molecule is COc1cccc(C(C)N2CCN(C(=O)c3cc(Cl)cc4cccnc34)CC2)c1. The van der Waals surface area contributed by atoms with Gasteiger partial charge in [-0.25, -0.2) is 0 Å². The van der Waals surface area contributed by atoms with Crippen molar-refractivity contribution < 1.29 is 9.53 Å². The Bertz CT molecular complexity index is 1030. The Kier molecular flexibility index (Phi) is 5.69. The number of nitrogens with zero attached hydrogens (tertiary/aromatic N) is 3. The molecule has 1 aromatic heterocycles. The summed E-state index contributed by atoms with van der Waals surface area (Å²) >= 11 is 6.25. The molecule has 1 atom stereocenters. The van der Waals surface area contributed by atoms with Crippen LogP contribution in [0.25, 0.3) is 10.9 Å². The second kappa shape index (κ2) is 8.39. The van der Waals surface area contributed by atoms with Crippen LogP contribution in [-0.4, -0.2) is 54.0 Å². The van der Waals surface area contributed by atoms with Crippen LogP contribution in [0.15, 0.2) is 54.7 Å². The summed E-state index contributed by atoms with van der Waals surface area (Å²) in [5, 5.41) is 1.44. The molecule has 0 radical (unpaired) electrons. The summed E-state index contributed by atoms with van der Waals surface area (Å²) in [6.07, 6.45) is 1.71. The number of fused-ring (bicyclic) bond motifs is 1. The van der Waals surface area contributed by atoms with Gasteiger partial charge in [-0.15, -0.1) is 0 Å². The third-order valence-electron chi connectivity index (χ3n) is 5.63. The smallest absolute Gasteiger partial charge is 0.256 e. The normalized spacial score (nSPS) is 16.0. The molecule has 29 heavy (non-hydrogen) atoms. The molecule has 1 fully saturated rings. The number of pyridine rings is 1. The number of benzene rings is 2. The van der Waals surface area contributed by atoms with Crippen LogP contribution in [0.3, 0.4) is 0 Å². The molecule has 0 aliphatic carbocycles. The molecule has 1 aliphatic rings. The highest BCUT2D eigenvalue weighted by Crippen LogP contribution is 2.27. The Balaban J connectivity index is 1.48. The Morgan fingerprint density at radius 2 is 1.90 bits per heavy atom. The lowest BCUT2D eigenvalue weighted by Crippen LogP contribution is -2.49. The molecule has 3 aromatic rings. The van der Waals surface area contributed by atoms with Crippen LogP contribution < -0.4 is 4.74 Å². The number of piperazine rings is 1. The number of carbonyl (C=O) groups excluding carboxylic acids is 1. The van der Waals surface area contributed by atoms with Gasteiger partial charge in [0.25, 0.3) is 5.91 Å². The summed E-state index contributed by atoms with van der Waals surface area (Å²) < 4.78 is 5.35. The number of methoxy groups -OCH3 is 1. The van der Waals surface area contributed by atoms with Gasteiger partial charge in [-0.3, -0.25) is 14.7 Å². The van der Waals surface area contributed by atoms with Crippen molar-refractivity contribution in [1.82, 2.24) is 14.8 Å². The first kappa shape index (κ1) is 19.7. The van der Waals surface area contributed by atoms with Gasteiger partial charge in [0.15, 0.2) is 0 Å². The van der Waals surface area contributed by atoms with Gasteiger partial charge in [0.2, 0.25) is 0 Å². The molecule has 2 aromatic carbocycles. The highest BCUT2D eigenvalue weighted by Gasteiger charge is 2.27. The number of aromatic nitrogens is 1. The Morgan fingerprint density at radius 3 is 2.66 bits per heavy atom. The third kappa shape index (κ3) is 4.07. The molecule has 0 saturated carbocycles. The lowest BCUT2D eigenvalue weighted by Gasteiger charge is -2.38. The molecule has 4 rings (SSSR count). The van der Waals surface area contributed by atoms with Gasteiger partial charge in [0.1, 0.15) is 5.75 Å². The fraction of sp³-hybridized carbons (Fsp3) is 0.304. The molecule has 1 unspecified atom stereocenters. The molecule has 2 heterocycles. The van der Waals surface area contributed by atoms with E-state index < -0.39 is 0 Å². The largest absolute Gasteiger partial charge is 0.497 e. The van der Waals surface area contributed by atoms with Crippen molar-refractivity contribution in [3.8, 4) is 5.75 Å². The topological polar surface area (TPSA) is 45.7 Å². The van der Waals surface area contributed by atoms with E-state index >= 15 is 0 Å². The van der Waals surface area contributed by atoms with Crippen LogP contribution in [0, 0.1) is 0 Å². The Morgan fingerprint density at radius 1 is 1.10 bits per heavy atom. The fourth-order valence-corrected chi connectivity index (χ4v) is 4.14. The summed E-state index contributed by atoms with van der Waals surface area (Å²) in [7, 11) is 1.68. The first-order valence-electron chi connectivity index (χ1n) is 9.78. The molecule has 1 saturated heterocycles. The van der Waals surface area contributed by atoms with Crippen LogP contribution in [0.2, 0.25) is 5.02 Å². The summed E-state index contributed by atoms with van der Waals surface area (Å²) in [5.74, 6) is 0.855. The molecule has 0 spiro atoms.